The predicted molar refractivity (Wildman–Crippen MR) is 171 cm³/mol. The number of rotatable bonds is 3. The molecule has 0 aliphatic carbocycles. The van der Waals surface area contributed by atoms with Gasteiger partial charge in [0.25, 0.3) is 0 Å². The Morgan fingerprint density at radius 3 is 1.24 bits per heavy atom. The Bertz CT molecular complexity index is 1730. The van der Waals surface area contributed by atoms with Crippen molar-refractivity contribution in [2.75, 3.05) is 0 Å². The van der Waals surface area contributed by atoms with Gasteiger partial charge in [-0.15, -0.1) is 0 Å². The quantitative estimate of drug-likeness (QED) is 0.0828. The summed E-state index contributed by atoms with van der Waals surface area (Å²) < 4.78 is 0. The summed E-state index contributed by atoms with van der Waals surface area (Å²) in [7, 11) is 0. The van der Waals surface area contributed by atoms with Gasteiger partial charge in [-0.05, 0) is 83.0 Å². The molecule has 0 atom stereocenters. The van der Waals surface area contributed by atoms with Crippen molar-refractivity contribution in [1.29, 1.82) is 0 Å². The molecule has 0 N–H and O–H groups in total. The maximum absolute atomic E-state index is 4.70. The van der Waals surface area contributed by atoms with E-state index < -0.39 is 0 Å². The van der Waals surface area contributed by atoms with Gasteiger partial charge in [0.15, 0.2) is 0 Å². The number of isothiocyanates is 1. The third-order valence-electron chi connectivity index (χ3n) is 6.10. The molecule has 42 heavy (non-hydrogen) atoms. The Morgan fingerprint density at radius 1 is 0.452 bits per heavy atom. The molecule has 3 aromatic carbocycles. The number of aliphatic imine (C=N–C) groups is 1. The van der Waals surface area contributed by atoms with Gasteiger partial charge < -0.3 is 0 Å². The maximum atomic E-state index is 4.70. The SMILES string of the molecule is S=C=Nc1cc2ccccc2c2ccccc12.[Ru+2].c1ccc(-c2ccccn2)nc1.c1ccc(-c2ccccn2)nc1. The van der Waals surface area contributed by atoms with Crippen molar-refractivity contribution in [1.82, 2.24) is 19.9 Å². The Morgan fingerprint density at radius 2 is 0.833 bits per heavy atom. The molecule has 0 bridgehead atoms. The molecule has 0 radical (unpaired) electrons. The zero-order valence-electron chi connectivity index (χ0n) is 22.4. The molecule has 0 saturated heterocycles. The van der Waals surface area contributed by atoms with Crippen molar-refractivity contribution in [3.05, 3.63) is 152 Å². The van der Waals surface area contributed by atoms with E-state index in [1.54, 1.807) is 24.8 Å². The summed E-state index contributed by atoms with van der Waals surface area (Å²) in [4.78, 5) is 20.9. The Hall–Kier alpha value is -4.80. The Labute approximate surface area is 262 Å². The van der Waals surface area contributed by atoms with Crippen LogP contribution in [-0.4, -0.2) is 25.1 Å². The monoisotopic (exact) mass is 649 g/mol. The molecule has 0 aliphatic heterocycles. The minimum Gasteiger partial charge on any atom is -0.255 e. The second kappa shape index (κ2) is 15.9. The number of benzene rings is 3. The van der Waals surface area contributed by atoms with E-state index in [0.29, 0.717) is 0 Å². The molecule has 7 heteroatoms. The van der Waals surface area contributed by atoms with E-state index in [1.807, 2.05) is 91.0 Å². The van der Waals surface area contributed by atoms with Crippen molar-refractivity contribution in [3.8, 4) is 22.8 Å². The zero-order chi connectivity index (χ0) is 28.1. The molecule has 0 aliphatic rings. The number of nitrogens with zero attached hydrogens (tertiary/aromatic N) is 5. The molecule has 0 fully saturated rings. The summed E-state index contributed by atoms with van der Waals surface area (Å²) in [6, 6.07) is 41.8. The molecular weight excluding hydrogens is 624 g/mol. The summed E-state index contributed by atoms with van der Waals surface area (Å²) in [5.41, 5.74) is 4.54. The summed E-state index contributed by atoms with van der Waals surface area (Å²) >= 11 is 4.70. The summed E-state index contributed by atoms with van der Waals surface area (Å²) in [6.45, 7) is 0. The van der Waals surface area contributed by atoms with E-state index in [4.69, 9.17) is 12.2 Å². The van der Waals surface area contributed by atoms with Gasteiger partial charge in [0, 0.05) is 30.2 Å². The van der Waals surface area contributed by atoms with Crippen molar-refractivity contribution < 1.29 is 19.5 Å². The van der Waals surface area contributed by atoms with Crippen LogP contribution in [0.25, 0.3) is 44.3 Å². The zero-order valence-corrected chi connectivity index (χ0v) is 25.0. The van der Waals surface area contributed by atoms with E-state index in [0.717, 1.165) is 33.8 Å². The number of hydrogen-bond donors (Lipinski definition) is 0. The number of fused-ring (bicyclic) bond motifs is 3. The Balaban J connectivity index is 0.000000146. The van der Waals surface area contributed by atoms with Crippen molar-refractivity contribution in [2.24, 2.45) is 4.99 Å². The first-order chi connectivity index (χ1) is 20.3. The predicted octanol–water partition coefficient (Wildman–Crippen LogP) is 9.01. The minimum atomic E-state index is 0. The molecule has 0 saturated carbocycles. The van der Waals surface area contributed by atoms with E-state index >= 15 is 0 Å². The van der Waals surface area contributed by atoms with Gasteiger partial charge in [0.05, 0.1) is 33.6 Å². The molecule has 7 rings (SSSR count). The number of hydrogen-bond acceptors (Lipinski definition) is 6. The van der Waals surface area contributed by atoms with Gasteiger partial charge in [-0.25, -0.2) is 0 Å². The average Bonchev–Trinajstić information content (AvgIpc) is 3.07. The van der Waals surface area contributed by atoms with Crippen LogP contribution in [0.4, 0.5) is 5.69 Å². The first-order valence-corrected chi connectivity index (χ1v) is 13.4. The van der Waals surface area contributed by atoms with E-state index in [9.17, 15) is 0 Å². The largest absolute Gasteiger partial charge is 2.00 e. The summed E-state index contributed by atoms with van der Waals surface area (Å²) in [5.74, 6) is 0. The summed E-state index contributed by atoms with van der Waals surface area (Å²) in [6.07, 6.45) is 7.07. The van der Waals surface area contributed by atoms with Crippen LogP contribution >= 0.6 is 12.2 Å². The second-order valence-corrected chi connectivity index (χ2v) is 8.91. The first kappa shape index (κ1) is 30.2. The normalized spacial score (nSPS) is 9.71. The second-order valence-electron chi connectivity index (χ2n) is 8.73. The first-order valence-electron chi connectivity index (χ1n) is 13.0. The van der Waals surface area contributed by atoms with Crippen LogP contribution in [0, 0.1) is 0 Å². The number of aromatic nitrogens is 4. The van der Waals surface area contributed by atoms with Gasteiger partial charge in [-0.2, -0.15) is 4.99 Å². The third-order valence-corrected chi connectivity index (χ3v) is 6.19. The fourth-order valence-electron chi connectivity index (χ4n) is 4.23. The molecule has 4 aromatic heterocycles. The number of pyridine rings is 4. The van der Waals surface area contributed by atoms with Gasteiger partial charge in [0.2, 0.25) is 0 Å². The van der Waals surface area contributed by atoms with Crippen molar-refractivity contribution in [2.45, 2.75) is 0 Å². The van der Waals surface area contributed by atoms with Gasteiger partial charge in [-0.3, -0.25) is 19.9 Å². The van der Waals surface area contributed by atoms with Gasteiger partial charge in [-0.1, -0.05) is 72.8 Å². The topological polar surface area (TPSA) is 63.9 Å². The molecule has 0 spiro atoms. The fourth-order valence-corrected chi connectivity index (χ4v) is 4.33. The van der Waals surface area contributed by atoms with E-state index in [1.165, 1.54) is 16.2 Å². The molecule has 0 unspecified atom stereocenters. The molecule has 7 aromatic rings. The smallest absolute Gasteiger partial charge is 0.255 e. The molecule has 4 heterocycles. The molecule has 0 amide bonds. The van der Waals surface area contributed by atoms with Crippen LogP contribution in [-0.2, 0) is 19.5 Å². The van der Waals surface area contributed by atoms with E-state index in [-0.39, 0.29) is 19.5 Å². The molecular formula is C35H25N5RuS+2. The fraction of sp³-hybridized carbons (Fsp3) is 0. The van der Waals surface area contributed by atoms with Crippen LogP contribution in [0.5, 0.6) is 0 Å². The van der Waals surface area contributed by atoms with Crippen LogP contribution in [0.2, 0.25) is 0 Å². The van der Waals surface area contributed by atoms with Crippen LogP contribution in [0.1, 0.15) is 0 Å². The van der Waals surface area contributed by atoms with Crippen LogP contribution in [0.15, 0.2) is 157 Å². The minimum absolute atomic E-state index is 0. The van der Waals surface area contributed by atoms with Crippen LogP contribution < -0.4 is 0 Å². The Kier molecular flexibility index (Phi) is 11.4. The van der Waals surface area contributed by atoms with E-state index in [2.05, 4.69) is 66.5 Å². The number of thiocarbonyl (C=S) groups is 1. The maximum Gasteiger partial charge on any atom is 2.00 e. The summed E-state index contributed by atoms with van der Waals surface area (Å²) in [5, 5.41) is 7.19. The van der Waals surface area contributed by atoms with Crippen molar-refractivity contribution >= 4 is 44.6 Å². The third kappa shape index (κ3) is 7.90. The molecule has 5 nitrogen and oxygen atoms in total. The molecule has 202 valence electrons. The van der Waals surface area contributed by atoms with Crippen LogP contribution in [0.3, 0.4) is 0 Å². The van der Waals surface area contributed by atoms with Crippen molar-refractivity contribution in [3.63, 3.8) is 0 Å². The average molecular weight is 649 g/mol. The van der Waals surface area contributed by atoms with Gasteiger partial charge >= 0.3 is 19.5 Å². The standard InChI is InChI=1S/C15H9NS.2C10H8N2.Ru/c17-10-16-15-9-11-5-1-2-6-12(11)13-7-3-4-8-14(13)15;2*1-3-7-11-9(5-1)10-6-2-4-8-12-10;/h1-9H;2*1-8H;/q;;;+2. The van der Waals surface area contributed by atoms with Gasteiger partial charge in [0.1, 0.15) is 0 Å².